The number of fused-ring (bicyclic) bond motifs is 11. The van der Waals surface area contributed by atoms with Crippen molar-refractivity contribution in [1.82, 2.24) is 9.13 Å². The molecular formula is C52H33N3S. The Morgan fingerprint density at radius 1 is 0.357 bits per heavy atom. The molecular weight excluding hydrogens is 699 g/mol. The highest BCUT2D eigenvalue weighted by Crippen LogP contribution is 2.46. The highest BCUT2D eigenvalue weighted by molar-refractivity contribution is 7.26. The molecule has 56 heavy (non-hydrogen) atoms. The number of anilines is 3. The van der Waals surface area contributed by atoms with Crippen LogP contribution in [-0.4, -0.2) is 9.13 Å². The molecule has 0 saturated heterocycles. The molecule has 0 fully saturated rings. The van der Waals surface area contributed by atoms with Crippen LogP contribution < -0.4 is 4.90 Å². The molecule has 12 rings (SSSR count). The zero-order chi connectivity index (χ0) is 36.7. The van der Waals surface area contributed by atoms with Gasteiger partial charge in [0.15, 0.2) is 0 Å². The summed E-state index contributed by atoms with van der Waals surface area (Å²) < 4.78 is 7.38. The van der Waals surface area contributed by atoms with Gasteiger partial charge in [0.1, 0.15) is 0 Å². The van der Waals surface area contributed by atoms with E-state index in [1.807, 2.05) is 11.3 Å². The molecule has 0 radical (unpaired) electrons. The van der Waals surface area contributed by atoms with Crippen LogP contribution in [0, 0.1) is 0 Å². The summed E-state index contributed by atoms with van der Waals surface area (Å²) in [5, 5.41) is 10.1. The van der Waals surface area contributed by atoms with Crippen LogP contribution in [0.1, 0.15) is 0 Å². The zero-order valence-electron chi connectivity index (χ0n) is 30.3. The molecule has 0 amide bonds. The normalized spacial score (nSPS) is 11.9. The fourth-order valence-corrected chi connectivity index (χ4v) is 10.3. The van der Waals surface area contributed by atoms with Crippen molar-refractivity contribution in [2.45, 2.75) is 0 Å². The first-order chi connectivity index (χ1) is 27.8. The number of nitrogens with zero attached hydrogens (tertiary/aromatic N) is 3. The molecule has 262 valence electrons. The van der Waals surface area contributed by atoms with E-state index in [1.165, 1.54) is 80.2 Å². The Hall–Kier alpha value is -7.14. The third kappa shape index (κ3) is 4.57. The van der Waals surface area contributed by atoms with E-state index in [9.17, 15) is 0 Å². The minimum Gasteiger partial charge on any atom is -0.309 e. The third-order valence-electron chi connectivity index (χ3n) is 11.5. The lowest BCUT2D eigenvalue weighted by Gasteiger charge is -2.26. The summed E-state index contributed by atoms with van der Waals surface area (Å²) in [6, 6.07) is 73.2. The van der Waals surface area contributed by atoms with Crippen LogP contribution >= 0.6 is 11.3 Å². The lowest BCUT2D eigenvalue weighted by Crippen LogP contribution is -2.10. The fraction of sp³-hybridized carbons (Fsp3) is 0. The Kier molecular flexibility index (Phi) is 6.80. The fourth-order valence-electron chi connectivity index (χ4n) is 9.06. The second-order valence-electron chi connectivity index (χ2n) is 14.5. The van der Waals surface area contributed by atoms with Crippen LogP contribution in [0.4, 0.5) is 17.1 Å². The summed E-state index contributed by atoms with van der Waals surface area (Å²) in [5.41, 5.74) is 10.5. The molecule has 0 aliphatic heterocycles. The summed E-state index contributed by atoms with van der Waals surface area (Å²) in [5.74, 6) is 0. The third-order valence-corrected chi connectivity index (χ3v) is 12.7. The van der Waals surface area contributed by atoms with E-state index in [4.69, 9.17) is 0 Å². The summed E-state index contributed by atoms with van der Waals surface area (Å²) >= 11 is 1.87. The largest absolute Gasteiger partial charge is 0.309 e. The van der Waals surface area contributed by atoms with E-state index in [2.05, 4.69) is 214 Å². The van der Waals surface area contributed by atoms with Gasteiger partial charge in [0.05, 0.1) is 32.5 Å². The van der Waals surface area contributed by atoms with Gasteiger partial charge in [-0.2, -0.15) is 0 Å². The molecule has 0 atom stereocenters. The number of para-hydroxylation sites is 3. The Morgan fingerprint density at radius 2 is 0.946 bits per heavy atom. The minimum atomic E-state index is 1.11. The predicted octanol–water partition coefficient (Wildman–Crippen LogP) is 14.9. The topological polar surface area (TPSA) is 13.1 Å². The maximum Gasteiger partial charge on any atom is 0.0640 e. The van der Waals surface area contributed by atoms with Crippen molar-refractivity contribution in [3.05, 3.63) is 200 Å². The summed E-state index contributed by atoms with van der Waals surface area (Å²) in [6.07, 6.45) is 0. The molecule has 0 spiro atoms. The van der Waals surface area contributed by atoms with E-state index in [0.717, 1.165) is 22.7 Å². The maximum atomic E-state index is 2.45. The molecule has 3 aromatic heterocycles. The van der Waals surface area contributed by atoms with Crippen LogP contribution in [0.2, 0.25) is 0 Å². The lowest BCUT2D eigenvalue weighted by atomic mass is 10.0. The van der Waals surface area contributed by atoms with Gasteiger partial charge in [0.25, 0.3) is 0 Å². The molecule has 9 aromatic carbocycles. The van der Waals surface area contributed by atoms with Crippen molar-refractivity contribution < 1.29 is 0 Å². The number of benzene rings is 9. The van der Waals surface area contributed by atoms with Gasteiger partial charge >= 0.3 is 0 Å². The van der Waals surface area contributed by atoms with Gasteiger partial charge in [0, 0.05) is 59.8 Å². The molecule has 12 aromatic rings. The van der Waals surface area contributed by atoms with Gasteiger partial charge in [-0.3, -0.25) is 0 Å². The Bertz CT molecular complexity index is 3480. The number of hydrogen-bond acceptors (Lipinski definition) is 2. The van der Waals surface area contributed by atoms with E-state index >= 15 is 0 Å². The summed E-state index contributed by atoms with van der Waals surface area (Å²) in [6.45, 7) is 0. The van der Waals surface area contributed by atoms with E-state index in [0.29, 0.717) is 0 Å². The summed E-state index contributed by atoms with van der Waals surface area (Å²) in [4.78, 5) is 2.45. The van der Waals surface area contributed by atoms with E-state index < -0.39 is 0 Å². The molecule has 0 aliphatic rings. The zero-order valence-corrected chi connectivity index (χ0v) is 31.1. The average molecular weight is 732 g/mol. The van der Waals surface area contributed by atoms with E-state index in [-0.39, 0.29) is 0 Å². The van der Waals surface area contributed by atoms with Crippen LogP contribution in [0.5, 0.6) is 0 Å². The molecule has 0 aliphatic carbocycles. The SMILES string of the molecule is c1ccc(-n2c3ccccc3c3cc(N(c4ccc(-n5c6ccccc6c6c7ccccc7ccc65)cc4)c4cccc5c4sc4ccccc45)ccc32)cc1. The lowest BCUT2D eigenvalue weighted by molar-refractivity contribution is 1.17. The van der Waals surface area contributed by atoms with Gasteiger partial charge in [-0.15, -0.1) is 11.3 Å². The van der Waals surface area contributed by atoms with Crippen LogP contribution in [-0.2, 0) is 0 Å². The van der Waals surface area contributed by atoms with Crippen LogP contribution in [0.25, 0.3) is 85.9 Å². The highest BCUT2D eigenvalue weighted by atomic mass is 32.1. The monoisotopic (exact) mass is 731 g/mol. The van der Waals surface area contributed by atoms with Gasteiger partial charge in [-0.25, -0.2) is 0 Å². The van der Waals surface area contributed by atoms with Crippen molar-refractivity contribution in [2.24, 2.45) is 0 Å². The van der Waals surface area contributed by atoms with Crippen LogP contribution in [0.15, 0.2) is 200 Å². The average Bonchev–Trinajstić information content (AvgIpc) is 3.93. The van der Waals surface area contributed by atoms with Crippen molar-refractivity contribution >= 4 is 103 Å². The van der Waals surface area contributed by atoms with E-state index in [1.54, 1.807) is 0 Å². The van der Waals surface area contributed by atoms with Gasteiger partial charge in [0.2, 0.25) is 0 Å². The summed E-state index contributed by atoms with van der Waals surface area (Å²) in [7, 11) is 0. The smallest absolute Gasteiger partial charge is 0.0640 e. The standard InChI is InChI=1S/C52H33N3S/c1-2-14-35(15-3-1)54-45-21-9-6-17-40(45)44-33-38(30-32-47(44)54)53(49-23-12-20-42-41-18-8-11-24-50(41)56-52(42)49)36-26-28-37(29-27-36)55-46-22-10-7-19-43(46)51-39-16-5-4-13-34(39)25-31-48(51)55/h1-33H. The highest BCUT2D eigenvalue weighted by Gasteiger charge is 2.21. The Morgan fingerprint density at radius 3 is 1.79 bits per heavy atom. The number of aromatic nitrogens is 2. The number of hydrogen-bond donors (Lipinski definition) is 0. The maximum absolute atomic E-state index is 2.45. The van der Waals surface area contributed by atoms with Gasteiger partial charge < -0.3 is 14.0 Å². The quantitative estimate of drug-likeness (QED) is 0.172. The van der Waals surface area contributed by atoms with Gasteiger partial charge in [-0.1, -0.05) is 115 Å². The molecule has 0 saturated carbocycles. The second kappa shape index (κ2) is 12.2. The Balaban J connectivity index is 1.09. The molecule has 0 unspecified atom stereocenters. The molecule has 0 N–H and O–H groups in total. The van der Waals surface area contributed by atoms with Gasteiger partial charge in [-0.05, 0) is 95.7 Å². The first-order valence-electron chi connectivity index (χ1n) is 19.1. The minimum absolute atomic E-state index is 1.11. The van der Waals surface area contributed by atoms with Crippen molar-refractivity contribution in [3.8, 4) is 11.4 Å². The molecule has 3 heterocycles. The van der Waals surface area contributed by atoms with Crippen molar-refractivity contribution in [1.29, 1.82) is 0 Å². The number of rotatable bonds is 5. The second-order valence-corrected chi connectivity index (χ2v) is 15.6. The molecule has 3 nitrogen and oxygen atoms in total. The first kappa shape index (κ1) is 31.2. The molecule has 0 bridgehead atoms. The van der Waals surface area contributed by atoms with Crippen LogP contribution in [0.3, 0.4) is 0 Å². The van der Waals surface area contributed by atoms with Crippen molar-refractivity contribution in [3.63, 3.8) is 0 Å². The Labute approximate surface area is 327 Å². The first-order valence-corrected chi connectivity index (χ1v) is 19.9. The van der Waals surface area contributed by atoms with Crippen molar-refractivity contribution in [2.75, 3.05) is 4.90 Å². The number of thiophene rings is 1. The molecule has 4 heteroatoms. The predicted molar refractivity (Wildman–Crippen MR) is 240 cm³/mol.